The summed E-state index contributed by atoms with van der Waals surface area (Å²) in [4.78, 5) is 14.5. The number of piperidine rings is 1. The Morgan fingerprint density at radius 3 is 2.48 bits per heavy atom. The van der Waals surface area contributed by atoms with E-state index in [1.165, 1.54) is 18.2 Å². The molecule has 0 aliphatic carbocycles. The van der Waals surface area contributed by atoms with Gasteiger partial charge in [-0.15, -0.1) is 0 Å². The number of benzene rings is 1. The second-order valence-corrected chi connectivity index (χ2v) is 7.49. The SMILES string of the molecule is O=c1cccc2n1[C@@H](CO)[C@H]1C[C@@H]2CN(Cc2ccc(C(F)(F)F)cc2)C1. The van der Waals surface area contributed by atoms with Crippen molar-refractivity contribution in [1.29, 1.82) is 0 Å². The molecule has 144 valence electrons. The molecule has 3 heterocycles. The summed E-state index contributed by atoms with van der Waals surface area (Å²) in [6.45, 7) is 1.92. The summed E-state index contributed by atoms with van der Waals surface area (Å²) < 4.78 is 39.9. The number of alkyl halides is 3. The first-order valence-corrected chi connectivity index (χ1v) is 9.07. The molecule has 0 amide bonds. The molecule has 4 rings (SSSR count). The second kappa shape index (κ2) is 6.80. The predicted octanol–water partition coefficient (Wildman–Crippen LogP) is 3.02. The van der Waals surface area contributed by atoms with E-state index in [2.05, 4.69) is 4.90 Å². The first-order chi connectivity index (χ1) is 12.9. The van der Waals surface area contributed by atoms with Crippen molar-refractivity contribution in [3.63, 3.8) is 0 Å². The van der Waals surface area contributed by atoms with Gasteiger partial charge in [-0.2, -0.15) is 13.2 Å². The van der Waals surface area contributed by atoms with Gasteiger partial charge in [0.15, 0.2) is 0 Å². The normalized spacial score (nSPS) is 25.3. The lowest BCUT2D eigenvalue weighted by molar-refractivity contribution is -0.137. The van der Waals surface area contributed by atoms with Crippen molar-refractivity contribution < 1.29 is 18.3 Å². The molecule has 3 atom stereocenters. The van der Waals surface area contributed by atoms with Gasteiger partial charge in [0, 0.05) is 37.3 Å². The number of likely N-dealkylation sites (tertiary alicyclic amines) is 1. The van der Waals surface area contributed by atoms with Crippen LogP contribution in [0.1, 0.15) is 35.2 Å². The minimum absolute atomic E-state index is 0.0857. The third-order valence-electron chi connectivity index (χ3n) is 5.75. The van der Waals surface area contributed by atoms with Crippen molar-refractivity contribution in [3.8, 4) is 0 Å². The van der Waals surface area contributed by atoms with Gasteiger partial charge in [-0.25, -0.2) is 0 Å². The molecule has 27 heavy (non-hydrogen) atoms. The molecule has 2 bridgehead atoms. The maximum Gasteiger partial charge on any atom is 0.416 e. The molecule has 0 unspecified atom stereocenters. The zero-order chi connectivity index (χ0) is 19.2. The molecule has 1 aromatic heterocycles. The topological polar surface area (TPSA) is 45.5 Å². The number of fused-ring (bicyclic) bond motifs is 4. The highest BCUT2D eigenvalue weighted by atomic mass is 19.4. The Labute approximate surface area is 154 Å². The highest BCUT2D eigenvalue weighted by molar-refractivity contribution is 5.25. The Morgan fingerprint density at radius 1 is 1.07 bits per heavy atom. The van der Waals surface area contributed by atoms with Crippen LogP contribution in [0.5, 0.6) is 0 Å². The molecule has 0 saturated carbocycles. The van der Waals surface area contributed by atoms with E-state index >= 15 is 0 Å². The van der Waals surface area contributed by atoms with Gasteiger partial charge in [0.05, 0.1) is 18.2 Å². The van der Waals surface area contributed by atoms with E-state index < -0.39 is 11.7 Å². The van der Waals surface area contributed by atoms with Crippen molar-refractivity contribution in [1.82, 2.24) is 9.47 Å². The average Bonchev–Trinajstić information content (AvgIpc) is 2.62. The third-order valence-corrected chi connectivity index (χ3v) is 5.75. The van der Waals surface area contributed by atoms with E-state index in [0.717, 1.165) is 36.4 Å². The second-order valence-electron chi connectivity index (χ2n) is 7.49. The lowest BCUT2D eigenvalue weighted by atomic mass is 9.78. The number of aliphatic hydroxyl groups is 1. The lowest BCUT2D eigenvalue weighted by Gasteiger charge is -2.46. The quantitative estimate of drug-likeness (QED) is 0.893. The smallest absolute Gasteiger partial charge is 0.394 e. The summed E-state index contributed by atoms with van der Waals surface area (Å²) in [7, 11) is 0. The van der Waals surface area contributed by atoms with Gasteiger partial charge in [-0.1, -0.05) is 18.2 Å². The van der Waals surface area contributed by atoms with E-state index in [0.29, 0.717) is 13.1 Å². The number of hydrogen-bond donors (Lipinski definition) is 1. The molecule has 7 heteroatoms. The fraction of sp³-hybridized carbons (Fsp3) is 0.450. The van der Waals surface area contributed by atoms with Crippen LogP contribution < -0.4 is 5.56 Å². The van der Waals surface area contributed by atoms with Crippen LogP contribution in [0.3, 0.4) is 0 Å². The summed E-state index contributed by atoms with van der Waals surface area (Å²) in [6.07, 6.45) is -3.41. The lowest BCUT2D eigenvalue weighted by Crippen LogP contribution is -2.50. The van der Waals surface area contributed by atoms with Crippen LogP contribution in [0.15, 0.2) is 47.3 Å². The number of halogens is 3. The van der Waals surface area contributed by atoms with E-state index in [-0.39, 0.29) is 30.0 Å². The average molecular weight is 378 g/mol. The first-order valence-electron chi connectivity index (χ1n) is 9.07. The zero-order valence-corrected chi connectivity index (χ0v) is 14.7. The fourth-order valence-electron chi connectivity index (χ4n) is 4.56. The van der Waals surface area contributed by atoms with Crippen molar-refractivity contribution in [2.24, 2.45) is 5.92 Å². The molecule has 0 spiro atoms. The molecule has 1 fully saturated rings. The van der Waals surface area contributed by atoms with Crippen molar-refractivity contribution >= 4 is 0 Å². The highest BCUT2D eigenvalue weighted by Gasteiger charge is 2.40. The van der Waals surface area contributed by atoms with Crippen molar-refractivity contribution in [2.75, 3.05) is 19.7 Å². The molecule has 4 nitrogen and oxygen atoms in total. The van der Waals surface area contributed by atoms with Gasteiger partial charge in [0.2, 0.25) is 0 Å². The summed E-state index contributed by atoms with van der Waals surface area (Å²) >= 11 is 0. The monoisotopic (exact) mass is 378 g/mol. The summed E-state index contributed by atoms with van der Waals surface area (Å²) in [5.41, 5.74) is 1.04. The molecule has 1 saturated heterocycles. The minimum Gasteiger partial charge on any atom is -0.394 e. The number of pyridine rings is 1. The third kappa shape index (κ3) is 3.41. The van der Waals surface area contributed by atoms with E-state index in [4.69, 9.17) is 0 Å². The van der Waals surface area contributed by atoms with Crippen LogP contribution >= 0.6 is 0 Å². The van der Waals surface area contributed by atoms with E-state index in [1.54, 1.807) is 10.6 Å². The van der Waals surface area contributed by atoms with Crippen LogP contribution in [-0.2, 0) is 12.7 Å². The van der Waals surface area contributed by atoms with Crippen LogP contribution in [0.25, 0.3) is 0 Å². The number of aliphatic hydroxyl groups excluding tert-OH is 1. The van der Waals surface area contributed by atoms with Crippen LogP contribution in [-0.4, -0.2) is 34.3 Å². The van der Waals surface area contributed by atoms with E-state index in [9.17, 15) is 23.1 Å². The van der Waals surface area contributed by atoms with Gasteiger partial charge in [0.1, 0.15) is 0 Å². The Hall–Kier alpha value is -2.12. The molecule has 2 aromatic rings. The largest absolute Gasteiger partial charge is 0.416 e. The maximum absolute atomic E-state index is 12.7. The molecule has 2 aliphatic rings. The van der Waals surface area contributed by atoms with Crippen LogP contribution in [0.2, 0.25) is 0 Å². The Kier molecular flexibility index (Phi) is 4.60. The Bertz CT molecular complexity index is 876. The van der Waals surface area contributed by atoms with Crippen LogP contribution in [0, 0.1) is 5.92 Å². The Balaban J connectivity index is 1.56. The van der Waals surface area contributed by atoms with Gasteiger partial charge in [-0.3, -0.25) is 9.69 Å². The molecule has 1 aromatic carbocycles. The standard InChI is InChI=1S/C20H21F3N2O2/c21-20(22,23)16-6-4-13(5-7-16)9-24-10-14-8-15(11-24)18(12-26)25-17(14)2-1-3-19(25)27/h1-7,14-15,18,26H,8-12H2/t14-,15+,18+/m1/s1. The van der Waals surface area contributed by atoms with Crippen molar-refractivity contribution in [3.05, 3.63) is 69.6 Å². The molecule has 0 radical (unpaired) electrons. The molecule has 2 aliphatic heterocycles. The maximum atomic E-state index is 12.7. The van der Waals surface area contributed by atoms with Gasteiger partial charge >= 0.3 is 6.18 Å². The highest BCUT2D eigenvalue weighted by Crippen LogP contribution is 2.41. The zero-order valence-electron chi connectivity index (χ0n) is 14.7. The fourth-order valence-corrected chi connectivity index (χ4v) is 4.56. The number of rotatable bonds is 3. The van der Waals surface area contributed by atoms with Crippen molar-refractivity contribution in [2.45, 2.75) is 31.1 Å². The van der Waals surface area contributed by atoms with Gasteiger partial charge < -0.3 is 9.67 Å². The minimum atomic E-state index is -4.33. The summed E-state index contributed by atoms with van der Waals surface area (Å²) in [5, 5.41) is 9.87. The van der Waals surface area contributed by atoms with Gasteiger partial charge in [-0.05, 0) is 36.1 Å². The number of aromatic nitrogens is 1. The predicted molar refractivity (Wildman–Crippen MR) is 94.4 cm³/mol. The van der Waals surface area contributed by atoms with Gasteiger partial charge in [0.25, 0.3) is 5.56 Å². The van der Waals surface area contributed by atoms with Crippen LogP contribution in [0.4, 0.5) is 13.2 Å². The number of hydrogen-bond acceptors (Lipinski definition) is 3. The summed E-state index contributed by atoms with van der Waals surface area (Å²) in [6, 6.07) is 10.2. The molecular weight excluding hydrogens is 357 g/mol. The molecular formula is C20H21F3N2O2. The molecule has 1 N–H and O–H groups in total. The Morgan fingerprint density at radius 2 is 1.81 bits per heavy atom. The van der Waals surface area contributed by atoms with E-state index in [1.807, 2.05) is 6.07 Å². The first kappa shape index (κ1) is 18.3. The summed E-state index contributed by atoms with van der Waals surface area (Å²) in [5.74, 6) is 0.339. The number of nitrogens with zero attached hydrogens (tertiary/aromatic N) is 2.